The van der Waals surface area contributed by atoms with Crippen LogP contribution in [0.4, 0.5) is 0 Å². The highest BCUT2D eigenvalue weighted by molar-refractivity contribution is 9.10. The van der Waals surface area contributed by atoms with Crippen molar-refractivity contribution in [2.75, 3.05) is 0 Å². The van der Waals surface area contributed by atoms with E-state index in [1.54, 1.807) is 0 Å². The van der Waals surface area contributed by atoms with Gasteiger partial charge in [-0.3, -0.25) is 9.59 Å². The molecule has 0 aromatic heterocycles. The third-order valence-electron chi connectivity index (χ3n) is 14.9. The Bertz CT molecular complexity index is 1620. The molecular formula is C54H72BBrO4. The van der Waals surface area contributed by atoms with Crippen LogP contribution in [0.1, 0.15) is 192 Å². The van der Waals surface area contributed by atoms with Gasteiger partial charge in [0.05, 0.1) is 0 Å². The summed E-state index contributed by atoms with van der Waals surface area (Å²) >= 11 is 3.53. The predicted molar refractivity (Wildman–Crippen MR) is 250 cm³/mol. The quantitative estimate of drug-likeness (QED) is 0.0774. The van der Waals surface area contributed by atoms with Crippen LogP contribution in [0.15, 0.2) is 53.0 Å². The normalized spacial score (nSPS) is 29.2. The second kappa shape index (κ2) is 23.5. The number of benzene rings is 2. The van der Waals surface area contributed by atoms with Gasteiger partial charge >= 0.3 is 11.9 Å². The van der Waals surface area contributed by atoms with E-state index in [-0.39, 0.29) is 11.9 Å². The molecular weight excluding hydrogens is 803 g/mol. The lowest BCUT2D eigenvalue weighted by Gasteiger charge is -2.41. The molecule has 0 aliphatic heterocycles. The van der Waals surface area contributed by atoms with Crippen LogP contribution in [-0.2, 0) is 19.1 Å². The van der Waals surface area contributed by atoms with Crippen LogP contribution < -0.4 is 5.46 Å². The molecule has 0 N–H and O–H groups in total. The summed E-state index contributed by atoms with van der Waals surface area (Å²) in [5.41, 5.74) is 1.09. The Morgan fingerprint density at radius 2 is 0.933 bits per heavy atom. The number of halogens is 1. The highest BCUT2D eigenvalue weighted by atomic mass is 79.9. The van der Waals surface area contributed by atoms with Gasteiger partial charge in [0.1, 0.15) is 7.85 Å². The third kappa shape index (κ3) is 14.3. The van der Waals surface area contributed by atoms with Crippen LogP contribution in [0.25, 0.3) is 0 Å². The van der Waals surface area contributed by atoms with Crippen molar-refractivity contribution < 1.29 is 19.1 Å². The van der Waals surface area contributed by atoms with Crippen molar-refractivity contribution in [3.05, 3.63) is 64.1 Å². The van der Waals surface area contributed by atoms with Crippen molar-refractivity contribution in [2.45, 2.75) is 192 Å². The number of carbonyl (C=O) groups excluding carboxylic acids is 2. The molecule has 0 spiro atoms. The van der Waals surface area contributed by atoms with Gasteiger partial charge in [-0.1, -0.05) is 123 Å². The molecule has 4 saturated carbocycles. The van der Waals surface area contributed by atoms with Crippen molar-refractivity contribution in [3.8, 4) is 23.7 Å². The van der Waals surface area contributed by atoms with Crippen molar-refractivity contribution in [1.82, 2.24) is 0 Å². The summed E-state index contributed by atoms with van der Waals surface area (Å²) in [7, 11) is 5.93. The standard InChI is InChI=1S/C54H72BBrO4/c1-3-9-41-13-21-45(22-14-41)47-31-37-53(38-32-47,35-29-43-17-25-49(55)26-18-43)59-51(57)11-7-5-6-8-12-52(58)60-54(36-30-44-19-27-50(56)28-20-44)39-33-48(34-40-54)46-23-15-42(10-4-2)16-24-46/h17-20,25-28,41-42,45-48H,3-16,21-24,31-34,37-40H2,1-2H3. The molecule has 322 valence electrons. The Labute approximate surface area is 373 Å². The molecule has 2 aromatic carbocycles. The molecule has 0 atom stereocenters. The molecule has 0 saturated heterocycles. The van der Waals surface area contributed by atoms with Crippen LogP contribution in [0, 0.1) is 59.2 Å². The first-order valence-electron chi connectivity index (χ1n) is 24.3. The summed E-state index contributed by atoms with van der Waals surface area (Å²) < 4.78 is 13.7. The number of unbranched alkanes of at least 4 members (excludes halogenated alkanes) is 3. The largest absolute Gasteiger partial charge is 0.446 e. The maximum absolute atomic E-state index is 13.4. The van der Waals surface area contributed by atoms with E-state index in [4.69, 9.17) is 17.3 Å². The summed E-state index contributed by atoms with van der Waals surface area (Å²) in [6.07, 6.45) is 27.7. The Morgan fingerprint density at radius 3 is 1.32 bits per heavy atom. The van der Waals surface area contributed by atoms with Gasteiger partial charge in [0.25, 0.3) is 0 Å². The van der Waals surface area contributed by atoms with E-state index in [0.717, 1.165) is 116 Å². The van der Waals surface area contributed by atoms with Gasteiger partial charge in [0.2, 0.25) is 0 Å². The first-order valence-corrected chi connectivity index (χ1v) is 25.1. The van der Waals surface area contributed by atoms with E-state index in [1.165, 1.54) is 77.0 Å². The Hall–Kier alpha value is -2.96. The van der Waals surface area contributed by atoms with E-state index in [0.29, 0.717) is 30.1 Å². The van der Waals surface area contributed by atoms with E-state index in [9.17, 15) is 9.59 Å². The van der Waals surface area contributed by atoms with Gasteiger partial charge < -0.3 is 9.47 Å². The molecule has 4 nitrogen and oxygen atoms in total. The summed E-state index contributed by atoms with van der Waals surface area (Å²) in [5.74, 6) is 18.2. The number of esters is 2. The second-order valence-corrected chi connectivity index (χ2v) is 20.2. The molecule has 4 aliphatic rings. The topological polar surface area (TPSA) is 52.6 Å². The maximum Gasteiger partial charge on any atom is 0.307 e. The maximum atomic E-state index is 13.4. The Balaban J connectivity index is 0.960. The smallest absolute Gasteiger partial charge is 0.307 e. The summed E-state index contributed by atoms with van der Waals surface area (Å²) in [6, 6.07) is 15.7. The molecule has 6 heteroatoms. The monoisotopic (exact) mass is 874 g/mol. The van der Waals surface area contributed by atoms with Crippen molar-refractivity contribution in [1.29, 1.82) is 0 Å². The van der Waals surface area contributed by atoms with E-state index in [2.05, 4.69) is 53.5 Å². The highest BCUT2D eigenvalue weighted by Gasteiger charge is 2.42. The molecule has 2 radical (unpaired) electrons. The van der Waals surface area contributed by atoms with Crippen molar-refractivity contribution >= 4 is 41.2 Å². The van der Waals surface area contributed by atoms with E-state index >= 15 is 0 Å². The number of hydrogen-bond donors (Lipinski definition) is 0. The van der Waals surface area contributed by atoms with Crippen LogP contribution in [0.3, 0.4) is 0 Å². The van der Waals surface area contributed by atoms with Crippen LogP contribution in [-0.4, -0.2) is 31.0 Å². The zero-order chi connectivity index (χ0) is 42.2. The number of rotatable bonds is 15. The Kier molecular flexibility index (Phi) is 18.2. The molecule has 2 aromatic rings. The van der Waals surface area contributed by atoms with Gasteiger partial charge in [-0.2, -0.15) is 0 Å². The first-order chi connectivity index (χ1) is 29.1. The summed E-state index contributed by atoms with van der Waals surface area (Å²) in [4.78, 5) is 26.8. The summed E-state index contributed by atoms with van der Waals surface area (Å²) in [6.45, 7) is 4.62. The fraction of sp³-hybridized carbons (Fsp3) is 0.667. The number of hydrogen-bond acceptors (Lipinski definition) is 4. The van der Waals surface area contributed by atoms with Crippen molar-refractivity contribution in [2.24, 2.45) is 35.5 Å². The first kappa shape index (κ1) is 46.5. The molecule has 0 amide bonds. The lowest BCUT2D eigenvalue weighted by Crippen LogP contribution is -2.39. The lowest BCUT2D eigenvalue weighted by atomic mass is 9.67. The zero-order valence-corrected chi connectivity index (χ0v) is 38.6. The van der Waals surface area contributed by atoms with E-state index < -0.39 is 11.2 Å². The number of ether oxygens (including phenoxy) is 2. The fourth-order valence-corrected chi connectivity index (χ4v) is 11.5. The minimum Gasteiger partial charge on any atom is -0.446 e. The van der Waals surface area contributed by atoms with E-state index in [1.807, 2.05) is 48.5 Å². The summed E-state index contributed by atoms with van der Waals surface area (Å²) in [5, 5.41) is 0. The zero-order valence-electron chi connectivity index (χ0n) is 37.1. The SMILES string of the molecule is [B]c1ccc(C#CC2(OC(=O)CCCCCCC(=O)OC3(C#Cc4ccc(Br)cc4)CCC(C4CCC(CCC)CC4)CC3)CCC(C3CCC(CCC)CC3)CC2)cc1. The van der Waals surface area contributed by atoms with Crippen LogP contribution >= 0.6 is 15.9 Å². The van der Waals surface area contributed by atoms with Crippen LogP contribution in [0.2, 0.25) is 0 Å². The molecule has 0 bridgehead atoms. The van der Waals surface area contributed by atoms with Gasteiger partial charge in [-0.05, 0) is 174 Å². The number of carbonyl (C=O) groups is 2. The molecule has 0 heterocycles. The molecule has 4 aliphatic carbocycles. The molecule has 6 rings (SSSR count). The molecule has 4 fully saturated rings. The average Bonchev–Trinajstić information content (AvgIpc) is 3.26. The fourth-order valence-electron chi connectivity index (χ4n) is 11.3. The van der Waals surface area contributed by atoms with Crippen molar-refractivity contribution in [3.63, 3.8) is 0 Å². The predicted octanol–water partition coefficient (Wildman–Crippen LogP) is 13.1. The molecule has 60 heavy (non-hydrogen) atoms. The minimum absolute atomic E-state index is 0.149. The second-order valence-electron chi connectivity index (χ2n) is 19.3. The minimum atomic E-state index is -0.735. The van der Waals surface area contributed by atoms with Gasteiger partial charge in [-0.15, -0.1) is 0 Å². The molecule has 0 unspecified atom stereocenters. The lowest BCUT2D eigenvalue weighted by molar-refractivity contribution is -0.159. The average molecular weight is 876 g/mol. The van der Waals surface area contributed by atoms with Gasteiger partial charge in [0.15, 0.2) is 11.2 Å². The third-order valence-corrected chi connectivity index (χ3v) is 15.5. The van der Waals surface area contributed by atoms with Gasteiger partial charge in [-0.25, -0.2) is 0 Å². The van der Waals surface area contributed by atoms with Crippen LogP contribution in [0.5, 0.6) is 0 Å². The van der Waals surface area contributed by atoms with Gasteiger partial charge in [0, 0.05) is 28.4 Å². The Morgan fingerprint density at radius 1 is 0.567 bits per heavy atom. The highest BCUT2D eigenvalue weighted by Crippen LogP contribution is 2.46.